The van der Waals surface area contributed by atoms with Crippen LogP contribution in [0.15, 0.2) is 18.2 Å². The quantitative estimate of drug-likeness (QED) is 0.769. The van der Waals surface area contributed by atoms with Crippen LogP contribution in [-0.2, 0) is 15.8 Å². The molecule has 1 atom stereocenters. The number of carbonyl (C=O) groups excluding carboxylic acids is 2. The van der Waals surface area contributed by atoms with Crippen LogP contribution in [0, 0.1) is 11.8 Å². The molecule has 2 amide bonds. The number of hydrogen-bond donors (Lipinski definition) is 0. The minimum Gasteiger partial charge on any atom is -0.342 e. The van der Waals surface area contributed by atoms with Crippen LogP contribution in [0.25, 0.3) is 0 Å². The second kappa shape index (κ2) is 7.10. The fourth-order valence-electron chi connectivity index (χ4n) is 3.51. The van der Waals surface area contributed by atoms with E-state index >= 15 is 0 Å². The van der Waals surface area contributed by atoms with Crippen molar-refractivity contribution in [2.75, 3.05) is 24.5 Å². The predicted molar refractivity (Wildman–Crippen MR) is 91.9 cm³/mol. The maximum Gasteiger partial charge on any atom is 0.417 e. The number of rotatable bonds is 2. The van der Waals surface area contributed by atoms with Gasteiger partial charge in [0.15, 0.2) is 0 Å². The summed E-state index contributed by atoms with van der Waals surface area (Å²) >= 11 is 5.63. The minimum atomic E-state index is -4.60. The first-order valence-corrected chi connectivity index (χ1v) is 9.00. The number of piperidine rings is 1. The maximum absolute atomic E-state index is 13.0. The van der Waals surface area contributed by atoms with Crippen LogP contribution < -0.4 is 4.90 Å². The zero-order chi connectivity index (χ0) is 19.1. The average Bonchev–Trinajstić information content (AvgIpc) is 2.96. The molecule has 0 aliphatic carbocycles. The highest BCUT2D eigenvalue weighted by atomic mass is 35.5. The molecule has 2 aliphatic rings. The van der Waals surface area contributed by atoms with Crippen molar-refractivity contribution in [1.29, 1.82) is 0 Å². The molecule has 4 nitrogen and oxygen atoms in total. The molecule has 1 aromatic rings. The number of nitrogens with zero attached hydrogens (tertiary/aromatic N) is 2. The van der Waals surface area contributed by atoms with E-state index in [9.17, 15) is 22.8 Å². The molecule has 1 unspecified atom stereocenters. The summed E-state index contributed by atoms with van der Waals surface area (Å²) in [6.45, 7) is 3.58. The smallest absolute Gasteiger partial charge is 0.342 e. The van der Waals surface area contributed by atoms with E-state index in [2.05, 4.69) is 6.92 Å². The summed E-state index contributed by atoms with van der Waals surface area (Å²) in [6, 6.07) is 3.38. The first-order chi connectivity index (χ1) is 12.2. The van der Waals surface area contributed by atoms with Gasteiger partial charge in [0.1, 0.15) is 0 Å². The Kier molecular flexibility index (Phi) is 5.19. The van der Waals surface area contributed by atoms with Gasteiger partial charge in [0.2, 0.25) is 11.8 Å². The molecule has 0 saturated carbocycles. The van der Waals surface area contributed by atoms with Gasteiger partial charge in [-0.05, 0) is 37.0 Å². The summed E-state index contributed by atoms with van der Waals surface area (Å²) < 4.78 is 39.1. The number of benzene rings is 1. The van der Waals surface area contributed by atoms with Crippen LogP contribution in [0.4, 0.5) is 18.9 Å². The Labute approximate surface area is 154 Å². The van der Waals surface area contributed by atoms with Gasteiger partial charge >= 0.3 is 6.18 Å². The van der Waals surface area contributed by atoms with E-state index < -0.39 is 22.7 Å². The van der Waals surface area contributed by atoms with Crippen molar-refractivity contribution in [1.82, 2.24) is 4.90 Å². The lowest BCUT2D eigenvalue weighted by Crippen LogP contribution is -2.42. The van der Waals surface area contributed by atoms with Gasteiger partial charge in [-0.25, -0.2) is 0 Å². The molecule has 0 bridgehead atoms. The van der Waals surface area contributed by atoms with Crippen molar-refractivity contribution >= 4 is 29.1 Å². The Morgan fingerprint density at radius 1 is 1.23 bits per heavy atom. The summed E-state index contributed by atoms with van der Waals surface area (Å²) in [5, 5.41) is -0.414. The van der Waals surface area contributed by atoms with Crippen LogP contribution in [0.2, 0.25) is 5.02 Å². The Morgan fingerprint density at radius 3 is 2.50 bits per heavy atom. The molecular formula is C18H20ClF3N2O2. The molecule has 2 saturated heterocycles. The molecular weight excluding hydrogens is 369 g/mol. The number of anilines is 1. The Balaban J connectivity index is 1.75. The lowest BCUT2D eigenvalue weighted by molar-refractivity contribution is -0.138. The summed E-state index contributed by atoms with van der Waals surface area (Å²) in [7, 11) is 0. The predicted octanol–water partition coefficient (Wildman–Crippen LogP) is 3.97. The zero-order valence-corrected chi connectivity index (χ0v) is 15.1. The number of carbonyl (C=O) groups is 2. The third-order valence-electron chi connectivity index (χ3n) is 5.14. The summed E-state index contributed by atoms with van der Waals surface area (Å²) in [5.74, 6) is -0.363. The molecule has 2 fully saturated rings. The van der Waals surface area contributed by atoms with Gasteiger partial charge in [-0.2, -0.15) is 13.2 Å². The van der Waals surface area contributed by atoms with Gasteiger partial charge < -0.3 is 9.80 Å². The van der Waals surface area contributed by atoms with E-state index in [0.717, 1.165) is 25.0 Å². The molecule has 3 rings (SSSR count). The van der Waals surface area contributed by atoms with Gasteiger partial charge in [-0.3, -0.25) is 9.59 Å². The van der Waals surface area contributed by atoms with Crippen LogP contribution in [0.1, 0.15) is 31.7 Å². The van der Waals surface area contributed by atoms with Crippen molar-refractivity contribution in [3.05, 3.63) is 28.8 Å². The largest absolute Gasteiger partial charge is 0.417 e. The number of hydrogen-bond acceptors (Lipinski definition) is 2. The van der Waals surface area contributed by atoms with Crippen molar-refractivity contribution in [2.24, 2.45) is 11.8 Å². The number of alkyl halides is 3. The fourth-order valence-corrected chi connectivity index (χ4v) is 3.73. The normalized spacial score (nSPS) is 22.2. The van der Waals surface area contributed by atoms with E-state index in [-0.39, 0.29) is 30.5 Å². The second-order valence-electron chi connectivity index (χ2n) is 7.08. The van der Waals surface area contributed by atoms with E-state index in [1.807, 2.05) is 0 Å². The standard InChI is InChI=1S/C18H20ClF3N2O2/c1-11-4-6-23(7-5-11)17(26)12-8-16(25)24(10-12)13-2-3-15(19)14(9-13)18(20,21)22/h2-3,9,11-12H,4-8,10H2,1H3. The van der Waals surface area contributed by atoms with E-state index in [4.69, 9.17) is 11.6 Å². The highest BCUT2D eigenvalue weighted by Gasteiger charge is 2.39. The highest BCUT2D eigenvalue weighted by molar-refractivity contribution is 6.31. The minimum absolute atomic E-state index is 0.0227. The van der Waals surface area contributed by atoms with Gasteiger partial charge in [0.05, 0.1) is 16.5 Å². The zero-order valence-electron chi connectivity index (χ0n) is 14.4. The second-order valence-corrected chi connectivity index (χ2v) is 7.48. The van der Waals surface area contributed by atoms with Gasteiger partial charge in [-0.15, -0.1) is 0 Å². The number of amides is 2. The Bertz CT molecular complexity index is 715. The van der Waals surface area contributed by atoms with Crippen LogP contribution in [0.5, 0.6) is 0 Å². The third kappa shape index (κ3) is 3.82. The molecule has 2 aliphatic heterocycles. The Morgan fingerprint density at radius 2 is 1.88 bits per heavy atom. The lowest BCUT2D eigenvalue weighted by atomic mass is 9.97. The fraction of sp³-hybridized carbons (Fsp3) is 0.556. The average molecular weight is 389 g/mol. The molecule has 0 radical (unpaired) electrons. The first kappa shape index (κ1) is 19.0. The molecule has 2 heterocycles. The molecule has 0 N–H and O–H groups in total. The van der Waals surface area contributed by atoms with Gasteiger partial charge in [0, 0.05) is 31.7 Å². The van der Waals surface area contributed by atoms with Crippen LogP contribution in [-0.4, -0.2) is 36.3 Å². The highest BCUT2D eigenvalue weighted by Crippen LogP contribution is 2.38. The van der Waals surface area contributed by atoms with E-state index in [1.165, 1.54) is 11.0 Å². The van der Waals surface area contributed by atoms with Crippen molar-refractivity contribution in [3.63, 3.8) is 0 Å². The summed E-state index contributed by atoms with van der Waals surface area (Å²) in [6.07, 6.45) is -2.71. The molecule has 26 heavy (non-hydrogen) atoms. The van der Waals surface area contributed by atoms with Crippen molar-refractivity contribution < 1.29 is 22.8 Å². The molecule has 142 valence electrons. The topological polar surface area (TPSA) is 40.6 Å². The monoisotopic (exact) mass is 388 g/mol. The first-order valence-electron chi connectivity index (χ1n) is 8.62. The third-order valence-corrected chi connectivity index (χ3v) is 5.47. The SMILES string of the molecule is CC1CCN(C(=O)C2CC(=O)N(c3ccc(Cl)c(C(F)(F)F)c3)C2)CC1. The lowest BCUT2D eigenvalue weighted by Gasteiger charge is -2.32. The number of halogens is 4. The van der Waals surface area contributed by atoms with Crippen molar-refractivity contribution in [3.8, 4) is 0 Å². The number of likely N-dealkylation sites (tertiary alicyclic amines) is 1. The maximum atomic E-state index is 13.0. The summed E-state index contributed by atoms with van der Waals surface area (Å²) in [4.78, 5) is 28.0. The molecule has 8 heteroatoms. The van der Waals surface area contributed by atoms with Crippen molar-refractivity contribution in [2.45, 2.75) is 32.4 Å². The molecule has 0 aromatic heterocycles. The molecule has 1 aromatic carbocycles. The molecule has 0 spiro atoms. The van der Waals surface area contributed by atoms with Gasteiger partial charge in [-0.1, -0.05) is 18.5 Å². The van der Waals surface area contributed by atoms with Gasteiger partial charge in [0.25, 0.3) is 0 Å². The van der Waals surface area contributed by atoms with E-state index in [0.29, 0.717) is 19.0 Å². The van der Waals surface area contributed by atoms with Crippen LogP contribution in [0.3, 0.4) is 0 Å². The van der Waals surface area contributed by atoms with E-state index in [1.54, 1.807) is 4.90 Å². The summed E-state index contributed by atoms with van der Waals surface area (Å²) in [5.41, 5.74) is -0.862. The van der Waals surface area contributed by atoms with Crippen LogP contribution >= 0.6 is 11.6 Å². The Hall–Kier alpha value is -1.76.